The number of carboxylic acid groups (broad SMARTS) is 1. The average molecular weight is 1590 g/mol. The van der Waals surface area contributed by atoms with Crippen molar-refractivity contribution in [2.45, 2.75) is 171 Å². The van der Waals surface area contributed by atoms with Gasteiger partial charge in [0.15, 0.2) is 17.9 Å². The number of hydrogen-bond acceptors (Lipinski definition) is 24. The molecule has 110 heavy (non-hydrogen) atoms. The van der Waals surface area contributed by atoms with Gasteiger partial charge >= 0.3 is 5.97 Å². The van der Waals surface area contributed by atoms with Gasteiger partial charge < -0.3 is 136 Å². The van der Waals surface area contributed by atoms with E-state index in [1.165, 1.54) is 13.8 Å². The van der Waals surface area contributed by atoms with Crippen LogP contribution >= 0.6 is 21.6 Å². The summed E-state index contributed by atoms with van der Waals surface area (Å²) in [7, 11) is 1.60. The molecular weight excluding hydrogens is 1490 g/mol. The van der Waals surface area contributed by atoms with E-state index in [4.69, 9.17) is 45.9 Å². The van der Waals surface area contributed by atoms with Gasteiger partial charge in [-0.05, 0) is 62.8 Å². The molecule has 1 aliphatic heterocycles. The van der Waals surface area contributed by atoms with Crippen LogP contribution in [-0.4, -0.2) is 264 Å². The van der Waals surface area contributed by atoms with Gasteiger partial charge in [0, 0.05) is 37.6 Å². The molecule has 44 nitrogen and oxygen atoms in total. The van der Waals surface area contributed by atoms with Crippen LogP contribution in [-0.2, 0) is 83.1 Å². The molecule has 0 radical (unpaired) electrons. The normalized spacial score (nSPS) is 22.6. The van der Waals surface area contributed by atoms with E-state index in [-0.39, 0.29) is 101 Å². The molecule has 1 saturated heterocycles. The van der Waals surface area contributed by atoms with Crippen molar-refractivity contribution in [2.75, 3.05) is 64.0 Å². The standard InChI is InChI=1S/C64H107N25O19S2/c1-6-31(3)48-60(107)78-26-45(93)79-33(5)51(98)86-42(50(66)97)29-109-110-30-43(87-58(105)41(28-91)85-57(104)40(27-90)84-52(99)35(65)16-11-19-73-62(67)68)59(106)82-38(22-34-14-9-8-10-15-34)53(100)77-24-44(92)76-25-46(94)80-36(17-12-20-74-63(69)70)54(101)89-49(32(4)7-2)61(108)83-39(23-47(95)96)56(103)81-37(55(102)88-48)18-13-21-75-64(71)72/h8-10,14-15,31-33,35-43,48-49,90-91H,6-7,11-13,16-30,65H2,1-5H3,(H2,66,97)(H,76,92)(H,77,100)(H,78,107)(H,79,93)(H,80,94)(H,81,103)(H,82,106)(H,83,108)(H,84,99)(H,85,104)(H,86,98)(H,87,105)(H,88,102)(H,89,101)(H,95,96)(H4,67,68,73)(H4,69,70,74)(H4,71,72,75). The third kappa shape index (κ3) is 36.8. The molecule has 33 N–H and O–H groups in total. The van der Waals surface area contributed by atoms with Gasteiger partial charge in [0.1, 0.15) is 66.5 Å². The maximum absolute atomic E-state index is 14.6. The maximum Gasteiger partial charge on any atom is 0.305 e. The summed E-state index contributed by atoms with van der Waals surface area (Å²) < 4.78 is 0. The monoisotopic (exact) mass is 1590 g/mol. The smallest absolute Gasteiger partial charge is 0.305 e. The van der Waals surface area contributed by atoms with Crippen molar-refractivity contribution in [3.63, 3.8) is 0 Å². The second kappa shape index (κ2) is 50.7. The highest BCUT2D eigenvalue weighted by Gasteiger charge is 2.38. The number of amides is 15. The number of aliphatic hydroxyl groups excluding tert-OH is 2. The van der Waals surface area contributed by atoms with E-state index in [0.717, 1.165) is 21.6 Å². The molecule has 0 aromatic heterocycles. The van der Waals surface area contributed by atoms with Gasteiger partial charge in [0.2, 0.25) is 88.6 Å². The second-order valence-electron chi connectivity index (χ2n) is 25.4. The second-order valence-corrected chi connectivity index (χ2v) is 27.9. The summed E-state index contributed by atoms with van der Waals surface area (Å²) in [5, 5.41) is 64.0. The first-order chi connectivity index (χ1) is 51.9. The van der Waals surface area contributed by atoms with E-state index in [1.54, 1.807) is 51.1 Å². The van der Waals surface area contributed by atoms with Crippen molar-refractivity contribution in [1.29, 1.82) is 0 Å². The molecular formula is C64H107N25O19S2. The van der Waals surface area contributed by atoms with E-state index >= 15 is 0 Å². The fourth-order valence-corrected chi connectivity index (χ4v) is 12.2. The third-order valence-electron chi connectivity index (χ3n) is 16.5. The van der Waals surface area contributed by atoms with Crippen molar-refractivity contribution < 1.29 is 92.0 Å². The Hall–Kier alpha value is -10.9. The number of rotatable bonds is 29. The molecule has 0 spiro atoms. The van der Waals surface area contributed by atoms with E-state index in [2.05, 4.69) is 89.4 Å². The highest BCUT2D eigenvalue weighted by Crippen LogP contribution is 2.24. The minimum Gasteiger partial charge on any atom is -0.481 e. The first-order valence-electron chi connectivity index (χ1n) is 35.0. The predicted octanol–water partition coefficient (Wildman–Crippen LogP) is -11.1. The minimum absolute atomic E-state index is 0.00703. The van der Waals surface area contributed by atoms with Gasteiger partial charge in [0.05, 0.1) is 45.3 Å². The minimum atomic E-state index is -1.95. The molecule has 0 bridgehead atoms. The molecule has 1 fully saturated rings. The Labute approximate surface area is 641 Å². The zero-order valence-electron chi connectivity index (χ0n) is 61.8. The zero-order chi connectivity index (χ0) is 82.7. The van der Waals surface area contributed by atoms with Gasteiger partial charge in [-0.1, -0.05) is 92.5 Å². The fraction of sp³-hybridized carbons (Fsp3) is 0.609. The van der Waals surface area contributed by atoms with E-state index in [1.807, 2.05) is 0 Å². The Morgan fingerprint density at radius 1 is 0.518 bits per heavy atom. The van der Waals surface area contributed by atoms with Gasteiger partial charge in [-0.15, -0.1) is 0 Å². The number of carboxylic acids is 1. The van der Waals surface area contributed by atoms with Crippen LogP contribution in [0.25, 0.3) is 0 Å². The summed E-state index contributed by atoms with van der Waals surface area (Å²) in [4.78, 5) is 231. The number of benzene rings is 1. The van der Waals surface area contributed by atoms with Gasteiger partial charge in [-0.2, -0.15) is 0 Å². The zero-order valence-corrected chi connectivity index (χ0v) is 63.4. The van der Waals surface area contributed by atoms with Gasteiger partial charge in [-0.25, -0.2) is 0 Å². The first kappa shape index (κ1) is 95.2. The van der Waals surface area contributed by atoms with Crippen LogP contribution in [0.2, 0.25) is 0 Å². The first-order valence-corrected chi connectivity index (χ1v) is 37.5. The number of nitrogens with one attached hydrogen (secondary N) is 14. The molecule has 15 amide bonds. The highest BCUT2D eigenvalue weighted by molar-refractivity contribution is 8.76. The molecule has 614 valence electrons. The number of aliphatic imine (C=N–C) groups is 3. The molecule has 1 heterocycles. The molecule has 0 saturated carbocycles. The van der Waals surface area contributed by atoms with Gasteiger partial charge in [0.25, 0.3) is 0 Å². The van der Waals surface area contributed by atoms with E-state index in [0.29, 0.717) is 5.56 Å². The number of nitrogens with two attached hydrogens (primary N) is 8. The number of hydrogen-bond donors (Lipinski definition) is 25. The molecule has 1 aliphatic rings. The number of nitrogens with zero attached hydrogens (tertiary/aromatic N) is 3. The molecule has 1 aromatic carbocycles. The third-order valence-corrected chi connectivity index (χ3v) is 19.0. The largest absolute Gasteiger partial charge is 0.481 e. The Balaban J connectivity index is 2.78. The van der Waals surface area contributed by atoms with Crippen LogP contribution < -0.4 is 120 Å². The maximum atomic E-state index is 14.6. The average Bonchev–Trinajstić information content (AvgIpc) is 0.847. The van der Waals surface area contributed by atoms with Gasteiger partial charge in [-0.3, -0.25) is 91.7 Å². The molecule has 2 rings (SSSR count). The Kier molecular flexibility index (Phi) is 43.9. The van der Waals surface area contributed by atoms with Crippen LogP contribution in [0.5, 0.6) is 0 Å². The van der Waals surface area contributed by atoms with Crippen LogP contribution in [0.1, 0.15) is 98.0 Å². The van der Waals surface area contributed by atoms with Crippen molar-refractivity contribution in [3.8, 4) is 0 Å². The van der Waals surface area contributed by atoms with Crippen molar-refractivity contribution in [3.05, 3.63) is 35.9 Å². The molecule has 1 aromatic rings. The number of aliphatic hydroxyl groups is 2. The lowest BCUT2D eigenvalue weighted by Crippen LogP contribution is -2.61. The predicted molar refractivity (Wildman–Crippen MR) is 403 cm³/mol. The topological polar surface area (TPSA) is 747 Å². The summed E-state index contributed by atoms with van der Waals surface area (Å²) in [5.74, 6) is -20.5. The number of guanidine groups is 3. The van der Waals surface area contributed by atoms with E-state index < -0.39 is 224 Å². The Morgan fingerprint density at radius 2 is 0.982 bits per heavy atom. The summed E-state index contributed by atoms with van der Waals surface area (Å²) in [6.45, 7) is 2.88. The van der Waals surface area contributed by atoms with Crippen LogP contribution in [0.3, 0.4) is 0 Å². The number of primary amides is 1. The fourth-order valence-electron chi connectivity index (χ4n) is 9.89. The summed E-state index contributed by atoms with van der Waals surface area (Å²) >= 11 is 0. The summed E-state index contributed by atoms with van der Waals surface area (Å²) in [6, 6.07) is -11.2. The molecule has 46 heteroatoms. The lowest BCUT2D eigenvalue weighted by molar-refractivity contribution is -0.142. The van der Waals surface area contributed by atoms with Crippen LogP contribution in [0, 0.1) is 11.8 Å². The number of carbonyl (C=O) groups is 16. The van der Waals surface area contributed by atoms with Crippen LogP contribution in [0.15, 0.2) is 45.3 Å². The van der Waals surface area contributed by atoms with Crippen molar-refractivity contribution in [2.24, 2.45) is 72.7 Å². The molecule has 14 atom stereocenters. The highest BCUT2D eigenvalue weighted by atomic mass is 33.1. The molecule has 0 aliphatic carbocycles. The Bertz CT molecular complexity index is 3400. The van der Waals surface area contributed by atoms with Crippen molar-refractivity contribution >= 4 is 134 Å². The molecule has 14 unspecified atom stereocenters. The van der Waals surface area contributed by atoms with Crippen LogP contribution in [0.4, 0.5) is 0 Å². The van der Waals surface area contributed by atoms with E-state index in [9.17, 15) is 92.0 Å². The summed E-state index contributed by atoms with van der Waals surface area (Å²) in [5.41, 5.74) is 44.8. The number of aliphatic carboxylic acids is 1. The lowest BCUT2D eigenvalue weighted by Gasteiger charge is -2.29. The SMILES string of the molecule is CCC(C)C1NC(=O)C(CCCN=C(N)N)NC(=O)C(CC(=O)O)NC(=O)C(C(C)CC)NC(=O)C(CCCN=C(N)N)NC(=O)CNC(=O)CNC(=O)C(Cc2ccccc2)NC(=O)C(NC(=O)C(CO)NC(=O)C(CO)NC(=O)C(N)CCCN=C(N)N)CSSCC(C(N)=O)NC(=O)C(C)NC(=O)CNC1=O. The lowest BCUT2D eigenvalue weighted by atomic mass is 9.96. The van der Waals surface area contributed by atoms with Crippen molar-refractivity contribution in [1.82, 2.24) is 74.4 Å². The Morgan fingerprint density at radius 3 is 1.52 bits per heavy atom. The number of carbonyl (C=O) groups excluding carboxylic acids is 15. The quantitative estimate of drug-likeness (QED) is 0.0153. The summed E-state index contributed by atoms with van der Waals surface area (Å²) in [6.07, 6.45) is -1.14.